The fourth-order valence-electron chi connectivity index (χ4n) is 1.37. The molecule has 0 fully saturated rings. The van der Waals surface area contributed by atoms with Crippen molar-refractivity contribution in [1.82, 2.24) is 0 Å². The lowest BCUT2D eigenvalue weighted by Crippen LogP contribution is -2.35. The van der Waals surface area contributed by atoms with Crippen LogP contribution in [0.3, 0.4) is 0 Å². The van der Waals surface area contributed by atoms with Gasteiger partial charge in [0.1, 0.15) is 5.75 Å². The Morgan fingerprint density at radius 2 is 2.31 bits per heavy atom. The average Bonchev–Trinajstić information content (AvgIpc) is 2.25. The second-order valence-electron chi connectivity index (χ2n) is 3.79. The molecule has 4 nitrogen and oxygen atoms in total. The molecule has 1 atom stereocenters. The Bertz CT molecular complexity index is 353. The summed E-state index contributed by atoms with van der Waals surface area (Å²) in [6, 6.07) is 5.94. The summed E-state index contributed by atoms with van der Waals surface area (Å²) in [5.74, 6) is -0.0843. The first-order valence-corrected chi connectivity index (χ1v) is 5.49. The van der Waals surface area contributed by atoms with E-state index in [0.29, 0.717) is 12.1 Å². The molecule has 0 aliphatic heterocycles. The maximum atomic E-state index is 11.6. The van der Waals surface area contributed by atoms with Gasteiger partial charge in [-0.1, -0.05) is 25.8 Å². The first-order chi connectivity index (χ1) is 7.63. The third-order valence-electron chi connectivity index (χ3n) is 2.32. The van der Waals surface area contributed by atoms with Gasteiger partial charge < -0.3 is 16.2 Å². The van der Waals surface area contributed by atoms with E-state index in [0.717, 1.165) is 12.8 Å². The molecule has 0 spiro atoms. The van der Waals surface area contributed by atoms with Crippen LogP contribution in [0.5, 0.6) is 5.75 Å². The molecule has 0 saturated heterocycles. The molecule has 0 heterocycles. The highest BCUT2D eigenvalue weighted by Crippen LogP contribution is 2.15. The predicted molar refractivity (Wildman–Crippen MR) is 64.2 cm³/mol. The highest BCUT2D eigenvalue weighted by Gasteiger charge is 2.12. The third-order valence-corrected chi connectivity index (χ3v) is 2.32. The Morgan fingerprint density at radius 1 is 1.56 bits per heavy atom. The van der Waals surface area contributed by atoms with Crippen molar-refractivity contribution in [2.45, 2.75) is 32.2 Å². The highest BCUT2D eigenvalue weighted by molar-refractivity contribution is 5.94. The Hall–Kier alpha value is -1.55. The summed E-state index contributed by atoms with van der Waals surface area (Å²) >= 11 is 0. The molecule has 1 unspecified atom stereocenters. The van der Waals surface area contributed by atoms with Gasteiger partial charge in [0, 0.05) is 11.8 Å². The van der Waals surface area contributed by atoms with Crippen molar-refractivity contribution in [3.05, 3.63) is 24.3 Å². The van der Waals surface area contributed by atoms with Crippen LogP contribution >= 0.6 is 0 Å². The van der Waals surface area contributed by atoms with Crippen LogP contribution in [0.25, 0.3) is 0 Å². The summed E-state index contributed by atoms with van der Waals surface area (Å²) in [5.41, 5.74) is 6.28. The zero-order valence-corrected chi connectivity index (χ0v) is 9.44. The van der Waals surface area contributed by atoms with Crippen LogP contribution in [-0.4, -0.2) is 17.1 Å². The molecule has 1 aromatic carbocycles. The maximum absolute atomic E-state index is 11.6. The lowest BCUT2D eigenvalue weighted by atomic mass is 10.1. The van der Waals surface area contributed by atoms with Crippen LogP contribution in [-0.2, 0) is 4.79 Å². The second kappa shape index (κ2) is 6.12. The highest BCUT2D eigenvalue weighted by atomic mass is 16.3. The van der Waals surface area contributed by atoms with Gasteiger partial charge in [0.25, 0.3) is 0 Å². The van der Waals surface area contributed by atoms with Crippen molar-refractivity contribution >= 4 is 11.6 Å². The van der Waals surface area contributed by atoms with Gasteiger partial charge in [-0.05, 0) is 18.6 Å². The van der Waals surface area contributed by atoms with Gasteiger partial charge in [0.15, 0.2) is 0 Å². The van der Waals surface area contributed by atoms with Gasteiger partial charge >= 0.3 is 0 Å². The SMILES string of the molecule is CCCCC(N)C(=O)Nc1cccc(O)c1. The molecule has 0 aliphatic carbocycles. The number of nitrogens with two attached hydrogens (primary N) is 1. The van der Waals surface area contributed by atoms with Gasteiger partial charge in [-0.2, -0.15) is 0 Å². The van der Waals surface area contributed by atoms with Crippen LogP contribution in [0.4, 0.5) is 5.69 Å². The lowest BCUT2D eigenvalue weighted by Gasteiger charge is -2.11. The molecule has 1 rings (SSSR count). The summed E-state index contributed by atoms with van der Waals surface area (Å²) in [6.07, 6.45) is 2.64. The van der Waals surface area contributed by atoms with E-state index < -0.39 is 6.04 Å². The normalized spacial score (nSPS) is 12.1. The smallest absolute Gasteiger partial charge is 0.241 e. The minimum Gasteiger partial charge on any atom is -0.508 e. The van der Waals surface area contributed by atoms with Crippen LogP contribution in [0, 0.1) is 0 Å². The summed E-state index contributed by atoms with van der Waals surface area (Å²) in [6.45, 7) is 2.06. The number of unbranched alkanes of at least 4 members (excludes halogenated alkanes) is 1. The van der Waals surface area contributed by atoms with E-state index in [4.69, 9.17) is 5.73 Å². The summed E-state index contributed by atoms with van der Waals surface area (Å²) in [4.78, 5) is 11.6. The fraction of sp³-hybridized carbons (Fsp3) is 0.417. The number of carbonyl (C=O) groups excluding carboxylic acids is 1. The van der Waals surface area contributed by atoms with E-state index in [1.165, 1.54) is 6.07 Å². The number of anilines is 1. The summed E-state index contributed by atoms with van der Waals surface area (Å²) < 4.78 is 0. The van der Waals surface area contributed by atoms with Gasteiger partial charge in [-0.3, -0.25) is 4.79 Å². The molecule has 1 aromatic rings. The number of carbonyl (C=O) groups is 1. The molecule has 0 bridgehead atoms. The molecule has 0 aromatic heterocycles. The van der Waals surface area contributed by atoms with Crippen molar-refractivity contribution < 1.29 is 9.90 Å². The number of phenolic OH excluding ortho intramolecular Hbond substituents is 1. The molecule has 0 saturated carbocycles. The molecule has 0 radical (unpaired) electrons. The number of hydrogen-bond acceptors (Lipinski definition) is 3. The van der Waals surface area contributed by atoms with Gasteiger partial charge in [0.05, 0.1) is 6.04 Å². The average molecular weight is 222 g/mol. The topological polar surface area (TPSA) is 75.4 Å². The molecular formula is C12H18N2O2. The van der Waals surface area contributed by atoms with E-state index in [9.17, 15) is 9.90 Å². The van der Waals surface area contributed by atoms with Gasteiger partial charge in [-0.25, -0.2) is 0 Å². The molecule has 4 N–H and O–H groups in total. The number of hydrogen-bond donors (Lipinski definition) is 3. The lowest BCUT2D eigenvalue weighted by molar-refractivity contribution is -0.117. The standard InChI is InChI=1S/C12H18N2O2/c1-2-3-7-11(13)12(16)14-9-5-4-6-10(15)8-9/h4-6,8,11,15H,2-3,7,13H2,1H3,(H,14,16). The molecule has 1 amide bonds. The van der Waals surface area contributed by atoms with E-state index in [1.54, 1.807) is 18.2 Å². The van der Waals surface area contributed by atoms with Crippen LogP contribution in [0.15, 0.2) is 24.3 Å². The Kier molecular flexibility index (Phi) is 4.79. The molecule has 16 heavy (non-hydrogen) atoms. The zero-order chi connectivity index (χ0) is 12.0. The zero-order valence-electron chi connectivity index (χ0n) is 9.44. The van der Waals surface area contributed by atoms with Crippen molar-refractivity contribution in [3.8, 4) is 5.75 Å². The first-order valence-electron chi connectivity index (χ1n) is 5.49. The largest absolute Gasteiger partial charge is 0.508 e. The minimum atomic E-state index is -0.484. The molecular weight excluding hydrogens is 204 g/mol. The Balaban J connectivity index is 2.50. The van der Waals surface area contributed by atoms with Crippen molar-refractivity contribution in [1.29, 1.82) is 0 Å². The number of rotatable bonds is 5. The number of benzene rings is 1. The third kappa shape index (κ3) is 3.90. The molecule has 88 valence electrons. The summed E-state index contributed by atoms with van der Waals surface area (Å²) in [5, 5.41) is 11.9. The van der Waals surface area contributed by atoms with E-state index in [1.807, 2.05) is 0 Å². The quantitative estimate of drug-likeness (QED) is 0.711. The molecule has 4 heteroatoms. The van der Waals surface area contributed by atoms with Crippen molar-refractivity contribution in [2.24, 2.45) is 5.73 Å². The van der Waals surface area contributed by atoms with Crippen LogP contribution < -0.4 is 11.1 Å². The second-order valence-corrected chi connectivity index (χ2v) is 3.79. The minimum absolute atomic E-state index is 0.125. The van der Waals surface area contributed by atoms with Crippen molar-refractivity contribution in [3.63, 3.8) is 0 Å². The fourth-order valence-corrected chi connectivity index (χ4v) is 1.37. The van der Waals surface area contributed by atoms with Gasteiger partial charge in [-0.15, -0.1) is 0 Å². The number of aromatic hydroxyl groups is 1. The van der Waals surface area contributed by atoms with Crippen LogP contribution in [0.2, 0.25) is 0 Å². The number of amides is 1. The van der Waals surface area contributed by atoms with Crippen molar-refractivity contribution in [2.75, 3.05) is 5.32 Å². The predicted octanol–water partition coefficient (Wildman–Crippen LogP) is 1.85. The maximum Gasteiger partial charge on any atom is 0.241 e. The molecule has 0 aliphatic rings. The number of phenols is 1. The monoisotopic (exact) mass is 222 g/mol. The first kappa shape index (κ1) is 12.5. The van der Waals surface area contributed by atoms with E-state index >= 15 is 0 Å². The summed E-state index contributed by atoms with van der Waals surface area (Å²) in [7, 11) is 0. The van der Waals surface area contributed by atoms with Crippen LogP contribution in [0.1, 0.15) is 26.2 Å². The Morgan fingerprint density at radius 3 is 2.94 bits per heavy atom. The van der Waals surface area contributed by atoms with E-state index in [2.05, 4.69) is 12.2 Å². The van der Waals surface area contributed by atoms with Gasteiger partial charge in [0.2, 0.25) is 5.91 Å². The Labute approximate surface area is 95.5 Å². The van der Waals surface area contributed by atoms with E-state index in [-0.39, 0.29) is 11.7 Å². The number of nitrogens with one attached hydrogen (secondary N) is 1.